The molecule has 0 aromatic rings. The van der Waals surface area contributed by atoms with E-state index in [1.165, 1.54) is 0 Å². The summed E-state index contributed by atoms with van der Waals surface area (Å²) in [7, 11) is 1.63. The van der Waals surface area contributed by atoms with Crippen LogP contribution in [0.4, 0.5) is 0 Å². The van der Waals surface area contributed by atoms with Crippen molar-refractivity contribution in [2.45, 2.75) is 44.2 Å². The summed E-state index contributed by atoms with van der Waals surface area (Å²) in [4.78, 5) is 26.1. The molecule has 2 aliphatic rings. The topological polar surface area (TPSA) is 58.6 Å². The number of ketones is 1. The number of hydrogen-bond donors (Lipinski definition) is 1. The number of rotatable bonds is 2. The lowest BCUT2D eigenvalue weighted by atomic mass is 10.0. The molecule has 0 radical (unpaired) electrons. The molecule has 0 bridgehead atoms. The van der Waals surface area contributed by atoms with E-state index in [1.54, 1.807) is 7.05 Å². The van der Waals surface area contributed by atoms with Crippen LogP contribution in [-0.4, -0.2) is 55.5 Å². The normalized spacial score (nSPS) is 30.8. The lowest BCUT2D eigenvalue weighted by Gasteiger charge is -2.38. The summed E-state index contributed by atoms with van der Waals surface area (Å²) < 4.78 is 5.38. The maximum absolute atomic E-state index is 12.2. The van der Waals surface area contributed by atoms with E-state index in [1.807, 2.05) is 0 Å². The number of morpholine rings is 1. The Hall–Kier alpha value is -0.940. The van der Waals surface area contributed by atoms with Gasteiger partial charge in [-0.15, -0.1) is 0 Å². The number of Topliss-reactive ketones (excluding diaryl/α,β-unsaturated/α-hetero) is 1. The number of carbonyl (C=O) groups is 2. The molecule has 18 heavy (non-hydrogen) atoms. The molecule has 0 aromatic heterocycles. The smallest absolute Gasteiger partial charge is 0.239 e. The van der Waals surface area contributed by atoms with Gasteiger partial charge in [0.05, 0.1) is 19.3 Å². The van der Waals surface area contributed by atoms with Crippen LogP contribution in [-0.2, 0) is 14.3 Å². The van der Waals surface area contributed by atoms with Gasteiger partial charge in [0.15, 0.2) is 0 Å². The van der Waals surface area contributed by atoms with Gasteiger partial charge in [-0.2, -0.15) is 0 Å². The summed E-state index contributed by atoms with van der Waals surface area (Å²) in [5.41, 5.74) is 0. The number of amides is 1. The van der Waals surface area contributed by atoms with Crippen LogP contribution in [0.2, 0.25) is 0 Å². The minimum absolute atomic E-state index is 0.0493. The molecule has 2 atom stereocenters. The molecule has 1 aliphatic carbocycles. The van der Waals surface area contributed by atoms with Crippen molar-refractivity contribution in [1.82, 2.24) is 10.2 Å². The monoisotopic (exact) mass is 254 g/mol. The Labute approximate surface area is 108 Å². The van der Waals surface area contributed by atoms with Gasteiger partial charge in [-0.1, -0.05) is 12.8 Å². The standard InChI is InChI=1S/C13H22N2O3/c1-14-13(17)11-9-18-8-7-15(11)10-5-3-2-4-6-12(10)16/h10-11H,2-9H2,1H3,(H,14,17). The fraction of sp³-hybridized carbons (Fsp3) is 0.846. The first-order chi connectivity index (χ1) is 8.74. The zero-order chi connectivity index (χ0) is 13.0. The lowest BCUT2D eigenvalue weighted by molar-refractivity contribution is -0.139. The van der Waals surface area contributed by atoms with Gasteiger partial charge in [-0.05, 0) is 12.8 Å². The molecule has 0 spiro atoms. The van der Waals surface area contributed by atoms with Gasteiger partial charge in [0.25, 0.3) is 0 Å². The molecular formula is C13H22N2O3. The van der Waals surface area contributed by atoms with E-state index in [-0.39, 0.29) is 18.0 Å². The molecule has 1 aliphatic heterocycles. The molecule has 1 amide bonds. The third-order valence-corrected chi connectivity index (χ3v) is 3.89. The maximum atomic E-state index is 12.2. The van der Waals surface area contributed by atoms with Crippen molar-refractivity contribution in [3.05, 3.63) is 0 Å². The first-order valence-electron chi connectivity index (χ1n) is 6.82. The molecule has 2 fully saturated rings. The third-order valence-electron chi connectivity index (χ3n) is 3.89. The average molecular weight is 254 g/mol. The van der Waals surface area contributed by atoms with E-state index in [9.17, 15) is 9.59 Å². The van der Waals surface area contributed by atoms with Crippen LogP contribution in [0.5, 0.6) is 0 Å². The Morgan fingerprint density at radius 2 is 2.22 bits per heavy atom. The van der Waals surface area contributed by atoms with Gasteiger partial charge in [0.2, 0.25) is 5.91 Å². The fourth-order valence-electron chi connectivity index (χ4n) is 2.87. The second-order valence-electron chi connectivity index (χ2n) is 5.02. The Bertz CT molecular complexity index is 319. The quantitative estimate of drug-likeness (QED) is 0.722. The van der Waals surface area contributed by atoms with Crippen LogP contribution in [0.1, 0.15) is 32.1 Å². The predicted molar refractivity (Wildman–Crippen MR) is 67.3 cm³/mol. The molecule has 5 nitrogen and oxygen atoms in total. The summed E-state index contributed by atoms with van der Waals surface area (Å²) in [6.45, 7) is 1.68. The van der Waals surface area contributed by atoms with Gasteiger partial charge in [-0.25, -0.2) is 0 Å². The highest BCUT2D eigenvalue weighted by Gasteiger charge is 2.37. The van der Waals surface area contributed by atoms with Crippen molar-refractivity contribution in [3.63, 3.8) is 0 Å². The Kier molecular flexibility index (Phi) is 4.72. The van der Waals surface area contributed by atoms with E-state index >= 15 is 0 Å². The molecule has 1 N–H and O–H groups in total. The van der Waals surface area contributed by atoms with Crippen molar-refractivity contribution in [2.75, 3.05) is 26.8 Å². The van der Waals surface area contributed by atoms with Crippen LogP contribution in [0.3, 0.4) is 0 Å². The van der Waals surface area contributed by atoms with Crippen LogP contribution in [0, 0.1) is 0 Å². The Morgan fingerprint density at radius 1 is 1.39 bits per heavy atom. The summed E-state index contributed by atoms with van der Waals surface area (Å²) in [6, 6.07) is -0.394. The van der Waals surface area contributed by atoms with Crippen LogP contribution in [0.15, 0.2) is 0 Å². The number of likely N-dealkylation sites (N-methyl/N-ethyl adjacent to an activating group) is 1. The number of ether oxygens (including phenoxy) is 1. The van der Waals surface area contributed by atoms with Gasteiger partial charge >= 0.3 is 0 Å². The third kappa shape index (κ3) is 2.90. The van der Waals surface area contributed by atoms with Crippen LogP contribution in [0.25, 0.3) is 0 Å². The number of nitrogens with one attached hydrogen (secondary N) is 1. The SMILES string of the molecule is CNC(=O)C1COCCN1C1CCCCCC1=O. The molecule has 1 heterocycles. The van der Waals surface area contributed by atoms with E-state index in [2.05, 4.69) is 10.2 Å². The van der Waals surface area contributed by atoms with Crippen molar-refractivity contribution in [3.8, 4) is 0 Å². The molecule has 5 heteroatoms. The average Bonchev–Trinajstić information content (AvgIpc) is 2.62. The van der Waals surface area contributed by atoms with Crippen molar-refractivity contribution >= 4 is 11.7 Å². The summed E-state index contributed by atoms with van der Waals surface area (Å²) in [5, 5.41) is 2.66. The highest BCUT2D eigenvalue weighted by Crippen LogP contribution is 2.22. The molecular weight excluding hydrogens is 232 g/mol. The lowest BCUT2D eigenvalue weighted by Crippen LogP contribution is -2.58. The number of hydrogen-bond acceptors (Lipinski definition) is 4. The second kappa shape index (κ2) is 6.29. The minimum atomic E-state index is -0.309. The summed E-state index contributed by atoms with van der Waals surface area (Å²) in [6.07, 6.45) is 4.73. The van der Waals surface area contributed by atoms with Crippen molar-refractivity contribution in [1.29, 1.82) is 0 Å². The molecule has 0 aromatic carbocycles. The van der Waals surface area contributed by atoms with Crippen LogP contribution >= 0.6 is 0 Å². The highest BCUT2D eigenvalue weighted by atomic mass is 16.5. The first kappa shape index (κ1) is 13.5. The summed E-state index contributed by atoms with van der Waals surface area (Å²) >= 11 is 0. The van der Waals surface area contributed by atoms with Gasteiger partial charge in [0, 0.05) is 20.0 Å². The maximum Gasteiger partial charge on any atom is 0.239 e. The molecule has 2 unspecified atom stereocenters. The predicted octanol–water partition coefficient (Wildman–Crippen LogP) is 0.335. The van der Waals surface area contributed by atoms with E-state index in [4.69, 9.17) is 4.74 Å². The highest BCUT2D eigenvalue weighted by molar-refractivity contribution is 5.86. The first-order valence-corrected chi connectivity index (χ1v) is 6.82. The largest absolute Gasteiger partial charge is 0.378 e. The molecule has 102 valence electrons. The summed E-state index contributed by atoms with van der Waals surface area (Å²) in [5.74, 6) is 0.245. The minimum Gasteiger partial charge on any atom is -0.378 e. The van der Waals surface area contributed by atoms with Crippen molar-refractivity contribution < 1.29 is 14.3 Å². The zero-order valence-corrected chi connectivity index (χ0v) is 11.0. The second-order valence-corrected chi connectivity index (χ2v) is 5.02. The van der Waals surface area contributed by atoms with Gasteiger partial charge in [0.1, 0.15) is 11.8 Å². The fourth-order valence-corrected chi connectivity index (χ4v) is 2.87. The van der Waals surface area contributed by atoms with Gasteiger partial charge in [-0.3, -0.25) is 14.5 Å². The number of carbonyl (C=O) groups excluding carboxylic acids is 2. The zero-order valence-electron chi connectivity index (χ0n) is 11.0. The molecule has 2 rings (SSSR count). The van der Waals surface area contributed by atoms with E-state index in [0.29, 0.717) is 32.0 Å². The van der Waals surface area contributed by atoms with E-state index < -0.39 is 0 Å². The Balaban J connectivity index is 2.11. The molecule has 1 saturated heterocycles. The van der Waals surface area contributed by atoms with Gasteiger partial charge < -0.3 is 10.1 Å². The Morgan fingerprint density at radius 3 is 3.00 bits per heavy atom. The van der Waals surface area contributed by atoms with Crippen molar-refractivity contribution in [2.24, 2.45) is 0 Å². The van der Waals surface area contributed by atoms with E-state index in [0.717, 1.165) is 25.7 Å². The molecule has 1 saturated carbocycles. The number of nitrogens with zero attached hydrogens (tertiary/aromatic N) is 1. The van der Waals surface area contributed by atoms with Crippen LogP contribution < -0.4 is 5.32 Å².